The molecule has 0 atom stereocenters. The maximum absolute atomic E-state index is 12.9. The zero-order chi connectivity index (χ0) is 31.8. The standard InChI is InChI=1S/C39H48N3O2/c1-9-25-40-33-17-13-11-15-31(33)38(5,6)35(40)23-21-29-19-20-30(37(29)42(27(3)43)28(4)44)22-24-36-39(7,8)32-16-12-14-18-34(32)41(36)26-10-2/h11-18,21-24H,9-10,19-20,25-26H2,1-8H3/q+1. The molecule has 2 amide bonds. The Bertz CT molecular complexity index is 1630. The summed E-state index contributed by atoms with van der Waals surface area (Å²) >= 11 is 0. The molecule has 2 aromatic carbocycles. The smallest absolute Gasteiger partial charge is 0.230 e. The lowest BCUT2D eigenvalue weighted by molar-refractivity contribution is -0.437. The maximum atomic E-state index is 12.9. The lowest BCUT2D eigenvalue weighted by Gasteiger charge is -2.27. The van der Waals surface area contributed by atoms with E-state index in [4.69, 9.17) is 0 Å². The van der Waals surface area contributed by atoms with E-state index in [1.165, 1.54) is 52.7 Å². The molecule has 0 N–H and O–H groups in total. The Morgan fingerprint density at radius 3 is 2.16 bits per heavy atom. The number of hydrogen-bond donors (Lipinski definition) is 0. The maximum Gasteiger partial charge on any atom is 0.230 e. The molecule has 5 heteroatoms. The van der Waals surface area contributed by atoms with E-state index in [9.17, 15) is 9.59 Å². The number of amides is 2. The summed E-state index contributed by atoms with van der Waals surface area (Å²) < 4.78 is 2.43. The highest BCUT2D eigenvalue weighted by Gasteiger charge is 2.44. The Hall–Kier alpha value is -3.99. The molecule has 0 saturated heterocycles. The van der Waals surface area contributed by atoms with Crippen LogP contribution in [0.25, 0.3) is 0 Å². The lowest BCUT2D eigenvalue weighted by atomic mass is 9.81. The third-order valence-electron chi connectivity index (χ3n) is 9.50. The van der Waals surface area contributed by atoms with E-state index in [0.717, 1.165) is 55.6 Å². The van der Waals surface area contributed by atoms with Crippen molar-refractivity contribution < 1.29 is 14.2 Å². The van der Waals surface area contributed by atoms with Gasteiger partial charge in [0.15, 0.2) is 5.71 Å². The number of carbonyl (C=O) groups excluding carboxylic acids is 2. The zero-order valence-corrected chi connectivity index (χ0v) is 27.8. The van der Waals surface area contributed by atoms with Crippen LogP contribution >= 0.6 is 0 Å². The highest BCUT2D eigenvalue weighted by molar-refractivity contribution is 6.03. The van der Waals surface area contributed by atoms with Gasteiger partial charge in [-0.1, -0.05) is 76.2 Å². The van der Waals surface area contributed by atoms with Crippen LogP contribution in [-0.4, -0.2) is 40.1 Å². The Kier molecular flexibility index (Phi) is 8.71. The van der Waals surface area contributed by atoms with Gasteiger partial charge in [0, 0.05) is 61.3 Å². The summed E-state index contributed by atoms with van der Waals surface area (Å²) in [6.07, 6.45) is 12.4. The van der Waals surface area contributed by atoms with Gasteiger partial charge in [-0.05, 0) is 62.0 Å². The molecule has 2 aliphatic heterocycles. The van der Waals surface area contributed by atoms with Crippen LogP contribution in [0.3, 0.4) is 0 Å². The molecule has 0 aromatic heterocycles. The van der Waals surface area contributed by atoms with Crippen LogP contribution in [0.5, 0.6) is 0 Å². The van der Waals surface area contributed by atoms with Crippen molar-refractivity contribution in [1.29, 1.82) is 0 Å². The van der Waals surface area contributed by atoms with Crippen molar-refractivity contribution >= 4 is 28.9 Å². The first-order valence-electron chi connectivity index (χ1n) is 16.2. The highest BCUT2D eigenvalue weighted by Crippen LogP contribution is 2.48. The molecule has 0 radical (unpaired) electrons. The van der Waals surface area contributed by atoms with Gasteiger partial charge in [0.25, 0.3) is 0 Å². The minimum Gasteiger partial charge on any atom is -0.344 e. The number of hydrogen-bond acceptors (Lipinski definition) is 3. The number of allylic oxidation sites excluding steroid dienone is 7. The molecule has 230 valence electrons. The Morgan fingerprint density at radius 2 is 1.50 bits per heavy atom. The van der Waals surface area contributed by atoms with Gasteiger partial charge in [0.05, 0.1) is 11.1 Å². The van der Waals surface area contributed by atoms with E-state index in [-0.39, 0.29) is 22.6 Å². The van der Waals surface area contributed by atoms with E-state index in [1.54, 1.807) is 0 Å². The molecular formula is C39H48N3O2+. The number of fused-ring (bicyclic) bond motifs is 2. The predicted octanol–water partition coefficient (Wildman–Crippen LogP) is 8.49. The number of carbonyl (C=O) groups is 2. The average Bonchev–Trinajstić information content (AvgIpc) is 3.53. The first-order chi connectivity index (χ1) is 20.9. The number of nitrogens with zero attached hydrogens (tertiary/aromatic N) is 3. The van der Waals surface area contributed by atoms with Gasteiger partial charge in [-0.25, -0.2) is 0 Å². The minimum absolute atomic E-state index is 0.155. The average molecular weight is 591 g/mol. The SMILES string of the molecule is CCCN1/C(=C/C=C2\CCC(/C=C/C3=[N+](CCC)c4ccccc4C3(C)C)=C2N(C(C)=O)C(C)=O)C(C)(C)c2ccccc21. The molecule has 0 unspecified atom stereocenters. The minimum atomic E-state index is -0.256. The molecule has 3 aliphatic rings. The molecular weight excluding hydrogens is 542 g/mol. The van der Waals surface area contributed by atoms with E-state index < -0.39 is 0 Å². The normalized spacial score (nSPS) is 20.3. The molecule has 1 aliphatic carbocycles. The van der Waals surface area contributed by atoms with E-state index >= 15 is 0 Å². The molecule has 0 spiro atoms. The van der Waals surface area contributed by atoms with Crippen molar-refractivity contribution in [1.82, 2.24) is 4.90 Å². The van der Waals surface area contributed by atoms with Gasteiger partial charge in [0.1, 0.15) is 6.54 Å². The number of benzene rings is 2. The van der Waals surface area contributed by atoms with Crippen molar-refractivity contribution in [2.24, 2.45) is 0 Å². The molecule has 44 heavy (non-hydrogen) atoms. The van der Waals surface area contributed by atoms with Crippen LogP contribution in [0.2, 0.25) is 0 Å². The summed E-state index contributed by atoms with van der Waals surface area (Å²) in [4.78, 5) is 29.7. The monoisotopic (exact) mass is 590 g/mol. The third kappa shape index (κ3) is 5.31. The number of para-hydroxylation sites is 2. The Labute approximate surface area is 264 Å². The molecule has 2 heterocycles. The lowest BCUT2D eigenvalue weighted by Crippen LogP contribution is -2.33. The fourth-order valence-electron chi connectivity index (χ4n) is 7.43. The van der Waals surface area contributed by atoms with E-state index in [1.807, 2.05) is 0 Å². The summed E-state index contributed by atoms with van der Waals surface area (Å²) in [5, 5.41) is 0. The van der Waals surface area contributed by atoms with Crippen LogP contribution in [0.4, 0.5) is 11.4 Å². The zero-order valence-electron chi connectivity index (χ0n) is 27.8. The molecule has 0 bridgehead atoms. The van der Waals surface area contributed by atoms with Crippen LogP contribution in [0.15, 0.2) is 95.4 Å². The molecule has 0 saturated carbocycles. The van der Waals surface area contributed by atoms with Gasteiger partial charge in [0.2, 0.25) is 17.5 Å². The summed E-state index contributed by atoms with van der Waals surface area (Å²) in [6, 6.07) is 17.3. The second-order valence-corrected chi connectivity index (χ2v) is 13.3. The first-order valence-corrected chi connectivity index (χ1v) is 16.2. The van der Waals surface area contributed by atoms with Crippen LogP contribution in [0.1, 0.15) is 92.2 Å². The van der Waals surface area contributed by atoms with E-state index in [2.05, 4.69) is 124 Å². The largest absolute Gasteiger partial charge is 0.344 e. The third-order valence-corrected chi connectivity index (χ3v) is 9.50. The van der Waals surface area contributed by atoms with Crippen LogP contribution < -0.4 is 4.90 Å². The predicted molar refractivity (Wildman–Crippen MR) is 181 cm³/mol. The molecule has 5 rings (SSSR count). The molecule has 5 nitrogen and oxygen atoms in total. The topological polar surface area (TPSA) is 43.6 Å². The summed E-state index contributed by atoms with van der Waals surface area (Å²) in [6.45, 7) is 18.4. The van der Waals surface area contributed by atoms with Gasteiger partial charge >= 0.3 is 0 Å². The Balaban J connectivity index is 1.62. The summed E-state index contributed by atoms with van der Waals surface area (Å²) in [7, 11) is 0. The van der Waals surface area contributed by atoms with Crippen molar-refractivity contribution in [3.05, 3.63) is 107 Å². The van der Waals surface area contributed by atoms with Crippen LogP contribution in [-0.2, 0) is 20.4 Å². The second-order valence-electron chi connectivity index (χ2n) is 13.3. The van der Waals surface area contributed by atoms with Crippen LogP contribution in [0, 0.1) is 0 Å². The first kappa shape index (κ1) is 31.4. The Morgan fingerprint density at radius 1 is 0.841 bits per heavy atom. The van der Waals surface area contributed by atoms with Crippen molar-refractivity contribution in [2.45, 2.75) is 91.9 Å². The summed E-state index contributed by atoms with van der Waals surface area (Å²) in [5.41, 5.74) is 10.1. The van der Waals surface area contributed by atoms with Gasteiger partial charge in [-0.3, -0.25) is 14.5 Å². The van der Waals surface area contributed by atoms with Gasteiger partial charge < -0.3 is 4.90 Å². The highest BCUT2D eigenvalue weighted by atomic mass is 16.2. The fraction of sp³-hybridized carbons (Fsp3) is 0.410. The molecule has 2 aromatic rings. The summed E-state index contributed by atoms with van der Waals surface area (Å²) in [5.74, 6) is -0.511. The van der Waals surface area contributed by atoms with Crippen molar-refractivity contribution in [3.8, 4) is 0 Å². The van der Waals surface area contributed by atoms with E-state index in [0.29, 0.717) is 0 Å². The van der Waals surface area contributed by atoms with Crippen molar-refractivity contribution in [2.75, 3.05) is 18.0 Å². The number of imide groups is 1. The molecule has 0 fully saturated rings. The second kappa shape index (κ2) is 12.2. The number of rotatable bonds is 8. The van der Waals surface area contributed by atoms with Gasteiger partial charge in [-0.15, -0.1) is 0 Å². The van der Waals surface area contributed by atoms with Crippen molar-refractivity contribution in [3.63, 3.8) is 0 Å². The number of anilines is 1. The fourth-order valence-corrected chi connectivity index (χ4v) is 7.43. The quantitative estimate of drug-likeness (QED) is 0.290. The van der Waals surface area contributed by atoms with Gasteiger partial charge in [-0.2, -0.15) is 4.58 Å².